The maximum absolute atomic E-state index is 9.22. The monoisotopic (exact) mass is 638 g/mol. The number of nitriles is 1. The van der Waals surface area contributed by atoms with Crippen molar-refractivity contribution in [1.29, 1.82) is 5.26 Å². The molecular weight excluding hydrogens is 609 g/mol. The van der Waals surface area contributed by atoms with Gasteiger partial charge in [0.25, 0.3) is 0 Å². The Morgan fingerprint density at radius 1 is 0.300 bits per heavy atom. The van der Waals surface area contributed by atoms with E-state index < -0.39 is 0 Å². The van der Waals surface area contributed by atoms with Gasteiger partial charge in [-0.25, -0.2) is 15.0 Å². The third-order valence-electron chi connectivity index (χ3n) is 8.83. The van der Waals surface area contributed by atoms with Crippen molar-refractivity contribution < 1.29 is 0 Å². The minimum absolute atomic E-state index is 0.590. The number of benzene rings is 7. The van der Waals surface area contributed by atoms with Crippen LogP contribution in [0.25, 0.3) is 78.7 Å². The summed E-state index contributed by atoms with van der Waals surface area (Å²) in [4.78, 5) is 15.4. The zero-order valence-corrected chi connectivity index (χ0v) is 27.1. The van der Waals surface area contributed by atoms with Crippen LogP contribution >= 0.6 is 0 Å². The molecule has 7 aromatic carbocycles. The maximum atomic E-state index is 9.22. The molecule has 0 atom stereocenters. The van der Waals surface area contributed by atoms with Crippen molar-refractivity contribution in [1.82, 2.24) is 15.0 Å². The fraction of sp³-hybridized carbons (Fsp3) is 0. The molecule has 0 aliphatic heterocycles. The minimum atomic E-state index is 0.590. The Balaban J connectivity index is 1.29. The second-order valence-corrected chi connectivity index (χ2v) is 12.0. The van der Waals surface area contributed by atoms with Crippen LogP contribution in [0.3, 0.4) is 0 Å². The van der Waals surface area contributed by atoms with Gasteiger partial charge in [0.1, 0.15) is 0 Å². The van der Waals surface area contributed by atoms with E-state index in [1.54, 1.807) is 0 Å². The van der Waals surface area contributed by atoms with Gasteiger partial charge in [-0.1, -0.05) is 170 Å². The van der Waals surface area contributed by atoms with Gasteiger partial charge in [-0.05, 0) is 51.1 Å². The van der Waals surface area contributed by atoms with Crippen LogP contribution in [0.1, 0.15) is 5.56 Å². The van der Waals surface area contributed by atoms with Crippen molar-refractivity contribution in [2.24, 2.45) is 0 Å². The third kappa shape index (κ3) is 6.20. The van der Waals surface area contributed by atoms with E-state index in [4.69, 9.17) is 15.0 Å². The van der Waals surface area contributed by atoms with Crippen molar-refractivity contribution in [3.63, 3.8) is 0 Å². The van der Waals surface area contributed by atoms with Crippen molar-refractivity contribution in [3.05, 3.63) is 188 Å². The van der Waals surface area contributed by atoms with E-state index in [1.165, 1.54) is 0 Å². The lowest BCUT2D eigenvalue weighted by Gasteiger charge is -2.16. The first kappa shape index (κ1) is 30.4. The molecule has 234 valence electrons. The van der Waals surface area contributed by atoms with E-state index in [0.29, 0.717) is 23.0 Å². The molecule has 4 heteroatoms. The lowest BCUT2D eigenvalue weighted by molar-refractivity contribution is 1.07. The van der Waals surface area contributed by atoms with E-state index in [2.05, 4.69) is 121 Å². The highest BCUT2D eigenvalue weighted by atomic mass is 15.0. The molecule has 0 aliphatic carbocycles. The van der Waals surface area contributed by atoms with Crippen molar-refractivity contribution in [3.8, 4) is 84.7 Å². The Labute approximate surface area is 291 Å². The first-order chi connectivity index (χ1) is 24.7. The molecule has 0 radical (unpaired) electrons. The zero-order chi connectivity index (χ0) is 33.7. The largest absolute Gasteiger partial charge is 0.208 e. The summed E-state index contributed by atoms with van der Waals surface area (Å²) in [6.45, 7) is 0. The second kappa shape index (κ2) is 13.6. The smallest absolute Gasteiger partial charge is 0.164 e. The van der Waals surface area contributed by atoms with Gasteiger partial charge in [0.05, 0.1) is 11.6 Å². The molecule has 0 saturated carbocycles. The van der Waals surface area contributed by atoms with E-state index in [-0.39, 0.29) is 0 Å². The maximum Gasteiger partial charge on any atom is 0.164 e. The number of nitrogens with zero attached hydrogens (tertiary/aromatic N) is 4. The van der Waals surface area contributed by atoms with Crippen LogP contribution in [0, 0.1) is 11.3 Å². The van der Waals surface area contributed by atoms with Crippen LogP contribution in [0.5, 0.6) is 0 Å². The van der Waals surface area contributed by atoms with E-state index in [9.17, 15) is 5.26 Å². The predicted molar refractivity (Wildman–Crippen MR) is 203 cm³/mol. The highest BCUT2D eigenvalue weighted by molar-refractivity contribution is 5.93. The summed E-state index contributed by atoms with van der Waals surface area (Å²) in [6, 6.07) is 64.0. The Bertz CT molecular complexity index is 2430. The third-order valence-corrected chi connectivity index (χ3v) is 8.83. The molecule has 0 amide bonds. The van der Waals surface area contributed by atoms with E-state index in [1.807, 2.05) is 66.7 Å². The van der Waals surface area contributed by atoms with Crippen LogP contribution < -0.4 is 0 Å². The first-order valence-electron chi connectivity index (χ1n) is 16.5. The average molecular weight is 639 g/mol. The molecule has 0 fully saturated rings. The summed E-state index contributed by atoms with van der Waals surface area (Å²) < 4.78 is 0. The molecule has 0 N–H and O–H groups in total. The molecule has 0 unspecified atom stereocenters. The van der Waals surface area contributed by atoms with Gasteiger partial charge < -0.3 is 0 Å². The SMILES string of the molecule is N#Cc1ccc(-c2ccc(-c3nc(-c4ccc(-c5ccccc5)cc4)nc(-c4cccc(-c5ccccc5)c4-c4ccccc4)n3)cc2)cc1. The summed E-state index contributed by atoms with van der Waals surface area (Å²) in [5.41, 5.74) is 12.1. The Hall–Kier alpha value is -6.96. The summed E-state index contributed by atoms with van der Waals surface area (Å²) in [7, 11) is 0. The van der Waals surface area contributed by atoms with Crippen LogP contribution in [-0.2, 0) is 0 Å². The molecule has 1 heterocycles. The van der Waals surface area contributed by atoms with Crippen molar-refractivity contribution >= 4 is 0 Å². The van der Waals surface area contributed by atoms with Gasteiger partial charge in [-0.15, -0.1) is 0 Å². The van der Waals surface area contributed by atoms with Gasteiger partial charge in [0.2, 0.25) is 0 Å². The van der Waals surface area contributed by atoms with Gasteiger partial charge in [-0.3, -0.25) is 0 Å². The first-order valence-corrected chi connectivity index (χ1v) is 16.5. The van der Waals surface area contributed by atoms with Gasteiger partial charge in [0.15, 0.2) is 17.5 Å². The number of hydrogen-bond donors (Lipinski definition) is 0. The van der Waals surface area contributed by atoms with Gasteiger partial charge in [0, 0.05) is 22.3 Å². The highest BCUT2D eigenvalue weighted by Crippen LogP contribution is 2.40. The van der Waals surface area contributed by atoms with Gasteiger partial charge >= 0.3 is 0 Å². The molecule has 0 aliphatic rings. The molecule has 4 nitrogen and oxygen atoms in total. The van der Waals surface area contributed by atoms with E-state index >= 15 is 0 Å². The molecular formula is C46H30N4. The summed E-state index contributed by atoms with van der Waals surface area (Å²) in [5.74, 6) is 1.79. The standard InChI is InChI=1S/C46H30N4/c47-31-32-19-21-34(22-20-32)36-25-29-40(30-26-36)45-48-44(39-27-23-35(24-28-39)33-11-4-1-5-12-33)49-46(50-45)42-18-10-17-41(37-13-6-2-7-14-37)43(42)38-15-8-3-9-16-38/h1-30H. The molecule has 8 aromatic rings. The lowest BCUT2D eigenvalue weighted by atomic mass is 9.90. The molecule has 1 aromatic heterocycles. The predicted octanol–water partition coefficient (Wildman–Crippen LogP) is 11.4. The molecule has 0 bridgehead atoms. The topological polar surface area (TPSA) is 62.5 Å². The van der Waals surface area contributed by atoms with Crippen molar-refractivity contribution in [2.75, 3.05) is 0 Å². The molecule has 0 spiro atoms. The van der Waals surface area contributed by atoms with Gasteiger partial charge in [-0.2, -0.15) is 5.26 Å². The summed E-state index contributed by atoms with van der Waals surface area (Å²) in [5, 5.41) is 9.22. The minimum Gasteiger partial charge on any atom is -0.208 e. The molecule has 50 heavy (non-hydrogen) atoms. The normalized spacial score (nSPS) is 10.8. The quantitative estimate of drug-likeness (QED) is 0.174. The number of aromatic nitrogens is 3. The number of rotatable bonds is 7. The van der Waals surface area contributed by atoms with Crippen LogP contribution in [0.15, 0.2) is 182 Å². The molecule has 8 rings (SSSR count). The fourth-order valence-corrected chi connectivity index (χ4v) is 6.26. The van der Waals surface area contributed by atoms with Crippen LogP contribution in [0.2, 0.25) is 0 Å². The summed E-state index contributed by atoms with van der Waals surface area (Å²) >= 11 is 0. The fourth-order valence-electron chi connectivity index (χ4n) is 6.26. The molecule has 0 saturated heterocycles. The highest BCUT2D eigenvalue weighted by Gasteiger charge is 2.19. The van der Waals surface area contributed by atoms with Crippen LogP contribution in [-0.4, -0.2) is 15.0 Å². The van der Waals surface area contributed by atoms with E-state index in [0.717, 1.165) is 61.2 Å². The van der Waals surface area contributed by atoms with Crippen molar-refractivity contribution in [2.45, 2.75) is 0 Å². The average Bonchev–Trinajstić information content (AvgIpc) is 3.21. The second-order valence-electron chi connectivity index (χ2n) is 12.0. The lowest BCUT2D eigenvalue weighted by Crippen LogP contribution is -2.02. The Kier molecular flexibility index (Phi) is 8.29. The Morgan fingerprint density at radius 2 is 0.680 bits per heavy atom. The number of hydrogen-bond acceptors (Lipinski definition) is 4. The van der Waals surface area contributed by atoms with Crippen LogP contribution in [0.4, 0.5) is 0 Å². The zero-order valence-electron chi connectivity index (χ0n) is 27.1. The summed E-state index contributed by atoms with van der Waals surface area (Å²) in [6.07, 6.45) is 0. The Morgan fingerprint density at radius 3 is 1.18 bits per heavy atom.